The molecule has 136 valence electrons. The van der Waals surface area contributed by atoms with E-state index in [1.165, 1.54) is 50.3 Å². The van der Waals surface area contributed by atoms with Gasteiger partial charge in [0, 0.05) is 49.4 Å². The molecular weight excluding hydrogens is 322 g/mol. The third-order valence-electron chi connectivity index (χ3n) is 5.84. The van der Waals surface area contributed by atoms with Gasteiger partial charge in [0.25, 0.3) is 0 Å². The highest BCUT2D eigenvalue weighted by Crippen LogP contribution is 2.29. The molecular formula is C21H27N5. The minimum absolute atomic E-state index is 0.689. The van der Waals surface area contributed by atoms with Gasteiger partial charge in [-0.05, 0) is 44.0 Å². The average molecular weight is 349 g/mol. The van der Waals surface area contributed by atoms with Crippen molar-refractivity contribution in [1.82, 2.24) is 20.0 Å². The van der Waals surface area contributed by atoms with Gasteiger partial charge < -0.3 is 4.90 Å². The molecule has 2 aliphatic heterocycles. The van der Waals surface area contributed by atoms with Crippen molar-refractivity contribution in [2.75, 3.05) is 32.7 Å². The number of nitrogens with zero attached hydrogens (tertiary/aromatic N) is 4. The number of H-pyrrole nitrogens is 1. The third-order valence-corrected chi connectivity index (χ3v) is 5.84. The molecule has 1 fully saturated rings. The maximum atomic E-state index is 9.17. The number of fused-ring (bicyclic) bond motifs is 1. The van der Waals surface area contributed by atoms with Crippen molar-refractivity contribution in [2.45, 2.75) is 32.7 Å². The number of hydrogen-bond donors (Lipinski definition) is 1. The van der Waals surface area contributed by atoms with Crippen molar-refractivity contribution in [2.24, 2.45) is 5.92 Å². The van der Waals surface area contributed by atoms with Gasteiger partial charge in [-0.3, -0.25) is 10.00 Å². The lowest BCUT2D eigenvalue weighted by molar-refractivity contribution is 0.130. The maximum Gasteiger partial charge on any atom is 0.0991 e. The van der Waals surface area contributed by atoms with Crippen LogP contribution in [-0.4, -0.2) is 52.7 Å². The molecule has 1 saturated heterocycles. The molecule has 1 atom stereocenters. The zero-order valence-electron chi connectivity index (χ0n) is 15.5. The Hall–Kier alpha value is -2.16. The lowest BCUT2D eigenvalue weighted by Crippen LogP contribution is -2.42. The van der Waals surface area contributed by atoms with Gasteiger partial charge in [-0.1, -0.05) is 19.1 Å². The van der Waals surface area contributed by atoms with Gasteiger partial charge in [0.15, 0.2) is 0 Å². The van der Waals surface area contributed by atoms with Crippen LogP contribution in [0.2, 0.25) is 0 Å². The third kappa shape index (κ3) is 3.53. The summed E-state index contributed by atoms with van der Waals surface area (Å²) in [4.78, 5) is 5.18. The summed E-state index contributed by atoms with van der Waals surface area (Å²) < 4.78 is 0. The molecule has 5 heteroatoms. The second-order valence-corrected chi connectivity index (χ2v) is 7.61. The van der Waals surface area contributed by atoms with Crippen LogP contribution in [0.5, 0.6) is 0 Å². The first-order valence-corrected chi connectivity index (χ1v) is 9.78. The molecule has 0 radical (unpaired) electrons. The highest BCUT2D eigenvalue weighted by Gasteiger charge is 2.26. The maximum absolute atomic E-state index is 9.17. The highest BCUT2D eigenvalue weighted by atomic mass is 15.2. The minimum Gasteiger partial charge on any atom is -0.303 e. The lowest BCUT2D eigenvalue weighted by atomic mass is 9.95. The van der Waals surface area contributed by atoms with Crippen LogP contribution in [-0.2, 0) is 13.0 Å². The van der Waals surface area contributed by atoms with Gasteiger partial charge in [-0.15, -0.1) is 0 Å². The van der Waals surface area contributed by atoms with Crippen molar-refractivity contribution < 1.29 is 0 Å². The number of aromatic nitrogens is 2. The molecule has 1 aromatic carbocycles. The van der Waals surface area contributed by atoms with Crippen LogP contribution in [0, 0.1) is 17.2 Å². The number of benzene rings is 1. The van der Waals surface area contributed by atoms with Crippen LogP contribution in [0.3, 0.4) is 0 Å². The lowest BCUT2D eigenvalue weighted by Gasteiger charge is -2.36. The van der Waals surface area contributed by atoms with Crippen LogP contribution in [0.1, 0.15) is 36.6 Å². The van der Waals surface area contributed by atoms with Crippen LogP contribution in [0.4, 0.5) is 0 Å². The Morgan fingerprint density at radius 1 is 1.31 bits per heavy atom. The van der Waals surface area contributed by atoms with Crippen LogP contribution >= 0.6 is 0 Å². The van der Waals surface area contributed by atoms with E-state index in [9.17, 15) is 5.26 Å². The normalized spacial score (nSPS) is 21.3. The number of rotatable bonds is 4. The van der Waals surface area contributed by atoms with Gasteiger partial charge in [0.1, 0.15) is 0 Å². The SMILES string of the molecule is CCN1CCCC(CN2CCc3[nH]nc(-c4cccc(C#N)c4)c3C2)C1. The van der Waals surface area contributed by atoms with Crippen LogP contribution in [0.15, 0.2) is 24.3 Å². The molecule has 5 nitrogen and oxygen atoms in total. The van der Waals surface area contributed by atoms with E-state index >= 15 is 0 Å². The standard InChI is InChI=1S/C21H27N5/c1-2-25-9-4-6-17(13-25)14-26-10-8-20-19(15-26)21(24-23-20)18-7-3-5-16(11-18)12-22/h3,5,7,11,17H,2,4,6,8-10,13-15H2,1H3,(H,23,24). The number of aromatic amines is 1. The number of hydrogen-bond acceptors (Lipinski definition) is 4. The fraction of sp³-hybridized carbons (Fsp3) is 0.524. The molecule has 0 aliphatic carbocycles. The van der Waals surface area contributed by atoms with Crippen molar-refractivity contribution in [3.8, 4) is 17.3 Å². The average Bonchev–Trinajstić information content (AvgIpc) is 3.11. The molecule has 26 heavy (non-hydrogen) atoms. The monoisotopic (exact) mass is 349 g/mol. The van der Waals surface area contributed by atoms with Crippen molar-refractivity contribution in [1.29, 1.82) is 5.26 Å². The summed E-state index contributed by atoms with van der Waals surface area (Å²) in [6.07, 6.45) is 3.71. The first-order valence-electron chi connectivity index (χ1n) is 9.78. The topological polar surface area (TPSA) is 58.9 Å². The number of piperidine rings is 1. The minimum atomic E-state index is 0.689. The van der Waals surface area contributed by atoms with E-state index in [-0.39, 0.29) is 0 Å². The first-order chi connectivity index (χ1) is 12.8. The molecule has 3 heterocycles. The molecule has 0 amide bonds. The molecule has 1 N–H and O–H groups in total. The summed E-state index contributed by atoms with van der Waals surface area (Å²) in [7, 11) is 0. The number of likely N-dealkylation sites (tertiary alicyclic amines) is 1. The Labute approximate surface area is 155 Å². The summed E-state index contributed by atoms with van der Waals surface area (Å²) in [5.41, 5.74) is 5.32. The van der Waals surface area contributed by atoms with E-state index in [1.54, 1.807) is 0 Å². The predicted octanol–water partition coefficient (Wildman–Crippen LogP) is 3.04. The van der Waals surface area contributed by atoms with Gasteiger partial charge >= 0.3 is 0 Å². The summed E-state index contributed by atoms with van der Waals surface area (Å²) in [6.45, 7) is 9.18. The van der Waals surface area contributed by atoms with Gasteiger partial charge in [0.2, 0.25) is 0 Å². The summed E-state index contributed by atoms with van der Waals surface area (Å²) in [5.74, 6) is 0.780. The smallest absolute Gasteiger partial charge is 0.0991 e. The fourth-order valence-electron chi connectivity index (χ4n) is 4.43. The molecule has 0 spiro atoms. The van der Waals surface area contributed by atoms with Crippen molar-refractivity contribution in [3.63, 3.8) is 0 Å². The van der Waals surface area contributed by atoms with E-state index in [4.69, 9.17) is 0 Å². The van der Waals surface area contributed by atoms with Gasteiger partial charge in [0.05, 0.1) is 17.3 Å². The van der Waals surface area contributed by atoms with E-state index < -0.39 is 0 Å². The Morgan fingerprint density at radius 2 is 2.23 bits per heavy atom. The molecule has 1 aromatic heterocycles. The second-order valence-electron chi connectivity index (χ2n) is 7.61. The molecule has 2 aromatic rings. The van der Waals surface area contributed by atoms with Crippen molar-refractivity contribution in [3.05, 3.63) is 41.1 Å². The largest absolute Gasteiger partial charge is 0.303 e. The Balaban J connectivity index is 1.50. The summed E-state index contributed by atoms with van der Waals surface area (Å²) >= 11 is 0. The zero-order valence-corrected chi connectivity index (χ0v) is 15.5. The van der Waals surface area contributed by atoms with Gasteiger partial charge in [-0.25, -0.2) is 0 Å². The summed E-state index contributed by atoms with van der Waals surface area (Å²) in [6, 6.07) is 10.0. The molecule has 0 bridgehead atoms. The van der Waals surface area contributed by atoms with Gasteiger partial charge in [-0.2, -0.15) is 10.4 Å². The quantitative estimate of drug-likeness (QED) is 0.922. The fourth-order valence-corrected chi connectivity index (χ4v) is 4.43. The van der Waals surface area contributed by atoms with Crippen LogP contribution in [0.25, 0.3) is 11.3 Å². The van der Waals surface area contributed by atoms with E-state index in [0.717, 1.165) is 36.7 Å². The molecule has 0 saturated carbocycles. The number of nitriles is 1. The Kier molecular flexibility index (Phi) is 5.05. The number of nitrogens with one attached hydrogen (secondary N) is 1. The molecule has 4 rings (SSSR count). The summed E-state index contributed by atoms with van der Waals surface area (Å²) in [5, 5.41) is 17.0. The van der Waals surface area contributed by atoms with E-state index in [0.29, 0.717) is 5.56 Å². The predicted molar refractivity (Wildman–Crippen MR) is 103 cm³/mol. The zero-order chi connectivity index (χ0) is 17.9. The van der Waals surface area contributed by atoms with E-state index in [2.05, 4.69) is 39.1 Å². The molecule has 2 aliphatic rings. The Morgan fingerprint density at radius 3 is 3.08 bits per heavy atom. The van der Waals surface area contributed by atoms with Crippen LogP contribution < -0.4 is 0 Å². The Bertz CT molecular complexity index is 803. The second kappa shape index (κ2) is 7.61. The van der Waals surface area contributed by atoms with Crippen molar-refractivity contribution >= 4 is 0 Å². The van der Waals surface area contributed by atoms with E-state index in [1.807, 2.05) is 18.2 Å². The first kappa shape index (κ1) is 17.3. The highest BCUT2D eigenvalue weighted by molar-refractivity contribution is 5.66. The molecule has 1 unspecified atom stereocenters.